The summed E-state index contributed by atoms with van der Waals surface area (Å²) in [5, 5.41) is 0.914. The maximum atomic E-state index is 12.4. The van der Waals surface area contributed by atoms with Gasteiger partial charge in [-0.1, -0.05) is 12.1 Å². The summed E-state index contributed by atoms with van der Waals surface area (Å²) in [6.07, 6.45) is 0. The van der Waals surface area contributed by atoms with Crippen LogP contribution in [0.3, 0.4) is 0 Å². The molecule has 24 heavy (non-hydrogen) atoms. The lowest BCUT2D eigenvalue weighted by atomic mass is 10.2. The summed E-state index contributed by atoms with van der Waals surface area (Å²) in [6.45, 7) is 0. The fourth-order valence-electron chi connectivity index (χ4n) is 2.80. The van der Waals surface area contributed by atoms with Crippen LogP contribution in [0.15, 0.2) is 47.3 Å². The molecule has 0 aliphatic carbocycles. The Balaban J connectivity index is 1.93. The Kier molecular flexibility index (Phi) is 3.23. The van der Waals surface area contributed by atoms with Crippen molar-refractivity contribution in [2.45, 2.75) is 0 Å². The van der Waals surface area contributed by atoms with Gasteiger partial charge in [0.05, 0.1) is 30.9 Å². The SMILES string of the molecule is COc1cc2cc(-c3nc4ccccc4[nH]c3=O)[nH]c2cc1OC. The van der Waals surface area contributed by atoms with Crippen LogP contribution in [0.25, 0.3) is 33.3 Å². The first-order valence-corrected chi connectivity index (χ1v) is 7.44. The van der Waals surface area contributed by atoms with Gasteiger partial charge >= 0.3 is 0 Å². The van der Waals surface area contributed by atoms with E-state index in [1.807, 2.05) is 42.5 Å². The number of hydrogen-bond acceptors (Lipinski definition) is 4. The Hall–Kier alpha value is -3.28. The zero-order chi connectivity index (χ0) is 16.7. The van der Waals surface area contributed by atoms with Gasteiger partial charge in [0.2, 0.25) is 0 Å². The monoisotopic (exact) mass is 321 g/mol. The van der Waals surface area contributed by atoms with E-state index in [0.29, 0.717) is 28.4 Å². The van der Waals surface area contributed by atoms with Crippen LogP contribution in [0.2, 0.25) is 0 Å². The highest BCUT2D eigenvalue weighted by Gasteiger charge is 2.13. The number of rotatable bonds is 3. The Labute approximate surface area is 137 Å². The normalized spacial score (nSPS) is 11.1. The van der Waals surface area contributed by atoms with E-state index >= 15 is 0 Å². The van der Waals surface area contributed by atoms with Crippen molar-refractivity contribution < 1.29 is 9.47 Å². The predicted molar refractivity (Wildman–Crippen MR) is 92.8 cm³/mol. The van der Waals surface area contributed by atoms with Crippen molar-refractivity contribution >= 4 is 21.9 Å². The summed E-state index contributed by atoms with van der Waals surface area (Å²) in [5.74, 6) is 1.26. The number of fused-ring (bicyclic) bond motifs is 2. The average Bonchev–Trinajstić information content (AvgIpc) is 3.02. The van der Waals surface area contributed by atoms with Gasteiger partial charge in [-0.05, 0) is 24.3 Å². The molecule has 0 radical (unpaired) electrons. The van der Waals surface area contributed by atoms with Crippen molar-refractivity contribution in [2.75, 3.05) is 14.2 Å². The predicted octanol–water partition coefficient (Wildman–Crippen LogP) is 3.09. The minimum Gasteiger partial charge on any atom is -0.493 e. The number of ether oxygens (including phenoxy) is 2. The summed E-state index contributed by atoms with van der Waals surface area (Å²) < 4.78 is 10.6. The van der Waals surface area contributed by atoms with Crippen LogP contribution in [-0.2, 0) is 0 Å². The molecule has 0 aliphatic rings. The van der Waals surface area contributed by atoms with E-state index in [1.54, 1.807) is 14.2 Å². The topological polar surface area (TPSA) is 80.0 Å². The van der Waals surface area contributed by atoms with E-state index in [1.165, 1.54) is 0 Å². The summed E-state index contributed by atoms with van der Waals surface area (Å²) >= 11 is 0. The smallest absolute Gasteiger partial charge is 0.276 e. The summed E-state index contributed by atoms with van der Waals surface area (Å²) in [5.41, 5.74) is 3.05. The van der Waals surface area contributed by atoms with E-state index in [9.17, 15) is 4.79 Å². The molecule has 0 saturated heterocycles. The van der Waals surface area contributed by atoms with Crippen molar-refractivity contribution in [1.29, 1.82) is 0 Å². The maximum absolute atomic E-state index is 12.4. The lowest BCUT2D eigenvalue weighted by Gasteiger charge is -2.06. The highest BCUT2D eigenvalue weighted by atomic mass is 16.5. The third-order valence-electron chi connectivity index (χ3n) is 3.98. The van der Waals surface area contributed by atoms with Crippen LogP contribution in [0, 0.1) is 0 Å². The number of para-hydroxylation sites is 2. The number of hydrogen-bond donors (Lipinski definition) is 2. The summed E-state index contributed by atoms with van der Waals surface area (Å²) in [4.78, 5) is 22.9. The lowest BCUT2D eigenvalue weighted by Crippen LogP contribution is -2.11. The molecule has 0 spiro atoms. The van der Waals surface area contributed by atoms with Gasteiger partial charge in [0.1, 0.15) is 0 Å². The van der Waals surface area contributed by atoms with Crippen molar-refractivity contribution in [1.82, 2.24) is 15.0 Å². The largest absolute Gasteiger partial charge is 0.493 e. The number of aromatic nitrogens is 3. The van der Waals surface area contributed by atoms with Crippen molar-refractivity contribution in [3.63, 3.8) is 0 Å². The standard InChI is InChI=1S/C18H15N3O3/c1-23-15-8-10-7-14(19-13(10)9-16(15)24-2)17-18(22)21-12-6-4-3-5-11(12)20-17/h3-9,19H,1-2H3,(H,21,22). The van der Waals surface area contributed by atoms with Gasteiger partial charge in [0, 0.05) is 17.0 Å². The van der Waals surface area contributed by atoms with E-state index in [0.717, 1.165) is 16.4 Å². The van der Waals surface area contributed by atoms with Crippen molar-refractivity contribution in [2.24, 2.45) is 0 Å². The first kappa shape index (κ1) is 14.3. The van der Waals surface area contributed by atoms with E-state index < -0.39 is 0 Å². The molecule has 4 rings (SSSR count). The number of H-pyrrole nitrogens is 2. The average molecular weight is 321 g/mol. The first-order chi connectivity index (χ1) is 11.7. The van der Waals surface area contributed by atoms with Gasteiger partial charge in [-0.25, -0.2) is 4.98 Å². The molecule has 6 heteroatoms. The Morgan fingerprint density at radius 3 is 2.46 bits per heavy atom. The molecule has 2 N–H and O–H groups in total. The quantitative estimate of drug-likeness (QED) is 0.607. The molecule has 2 aromatic carbocycles. The molecular weight excluding hydrogens is 306 g/mol. The fourth-order valence-corrected chi connectivity index (χ4v) is 2.80. The maximum Gasteiger partial charge on any atom is 0.276 e. The Morgan fingerprint density at radius 1 is 0.917 bits per heavy atom. The number of nitrogens with zero attached hydrogens (tertiary/aromatic N) is 1. The van der Waals surface area contributed by atoms with Gasteiger partial charge in [-0.2, -0.15) is 0 Å². The second-order valence-corrected chi connectivity index (χ2v) is 5.41. The van der Waals surface area contributed by atoms with E-state index in [-0.39, 0.29) is 5.56 Å². The third kappa shape index (κ3) is 2.20. The molecule has 0 atom stereocenters. The Morgan fingerprint density at radius 2 is 1.67 bits per heavy atom. The van der Waals surface area contributed by atoms with E-state index in [4.69, 9.17) is 9.47 Å². The molecule has 0 bridgehead atoms. The van der Waals surface area contributed by atoms with Crippen LogP contribution in [0.5, 0.6) is 11.5 Å². The highest BCUT2D eigenvalue weighted by Crippen LogP contribution is 2.33. The molecule has 2 heterocycles. The van der Waals surface area contributed by atoms with Crippen LogP contribution in [-0.4, -0.2) is 29.2 Å². The number of methoxy groups -OCH3 is 2. The minimum absolute atomic E-state index is 0.237. The highest BCUT2D eigenvalue weighted by molar-refractivity contribution is 5.88. The second kappa shape index (κ2) is 5.42. The second-order valence-electron chi connectivity index (χ2n) is 5.41. The first-order valence-electron chi connectivity index (χ1n) is 7.44. The van der Waals surface area contributed by atoms with Gasteiger partial charge in [0.15, 0.2) is 17.2 Å². The molecule has 0 unspecified atom stereocenters. The van der Waals surface area contributed by atoms with E-state index in [2.05, 4.69) is 15.0 Å². The van der Waals surface area contributed by atoms with Gasteiger partial charge in [-0.15, -0.1) is 0 Å². The number of nitrogens with one attached hydrogen (secondary N) is 2. The Bertz CT molecular complexity index is 1070. The van der Waals surface area contributed by atoms with Crippen LogP contribution in [0.1, 0.15) is 0 Å². The minimum atomic E-state index is -0.237. The molecule has 0 saturated carbocycles. The van der Waals surface area contributed by atoms with Crippen LogP contribution in [0.4, 0.5) is 0 Å². The van der Waals surface area contributed by atoms with Gasteiger partial charge in [-0.3, -0.25) is 4.79 Å². The third-order valence-corrected chi connectivity index (χ3v) is 3.98. The zero-order valence-electron chi connectivity index (χ0n) is 13.2. The fraction of sp³-hybridized carbons (Fsp3) is 0.111. The zero-order valence-corrected chi connectivity index (χ0v) is 13.2. The number of aromatic amines is 2. The van der Waals surface area contributed by atoms with Crippen molar-refractivity contribution in [3.05, 3.63) is 52.8 Å². The van der Waals surface area contributed by atoms with Crippen LogP contribution < -0.4 is 15.0 Å². The molecular formula is C18H15N3O3. The summed E-state index contributed by atoms with van der Waals surface area (Å²) in [7, 11) is 3.18. The molecule has 4 aromatic rings. The molecule has 120 valence electrons. The lowest BCUT2D eigenvalue weighted by molar-refractivity contribution is 0.356. The molecule has 0 amide bonds. The molecule has 0 aliphatic heterocycles. The van der Waals surface area contributed by atoms with Crippen LogP contribution >= 0.6 is 0 Å². The molecule has 2 aromatic heterocycles. The van der Waals surface area contributed by atoms with Gasteiger partial charge in [0.25, 0.3) is 5.56 Å². The molecule has 0 fully saturated rings. The number of benzene rings is 2. The summed E-state index contributed by atoms with van der Waals surface area (Å²) in [6, 6.07) is 13.0. The van der Waals surface area contributed by atoms with Crippen molar-refractivity contribution in [3.8, 4) is 22.9 Å². The molecule has 6 nitrogen and oxygen atoms in total. The van der Waals surface area contributed by atoms with Gasteiger partial charge < -0.3 is 19.4 Å².